The van der Waals surface area contributed by atoms with Gasteiger partial charge < -0.3 is 9.51 Å². The van der Waals surface area contributed by atoms with Gasteiger partial charge in [0, 0.05) is 6.20 Å². The Morgan fingerprint density at radius 1 is 1.45 bits per heavy atom. The van der Waals surface area contributed by atoms with E-state index in [1.54, 1.807) is 6.20 Å². The molecule has 3 heteroatoms. The molecule has 0 saturated carbocycles. The summed E-state index contributed by atoms with van der Waals surface area (Å²) in [6.45, 7) is 0.0329. The van der Waals surface area contributed by atoms with Gasteiger partial charge in [-0.05, 0) is 12.1 Å². The van der Waals surface area contributed by atoms with E-state index in [4.69, 9.17) is 5.11 Å². The van der Waals surface area contributed by atoms with Gasteiger partial charge in [0.25, 0.3) is 0 Å². The fourth-order valence-electron chi connectivity index (χ4n) is 1.10. The van der Waals surface area contributed by atoms with Crippen LogP contribution in [0.3, 0.4) is 0 Å². The van der Waals surface area contributed by atoms with Crippen LogP contribution in [0.2, 0.25) is 0 Å². The van der Waals surface area contributed by atoms with E-state index in [-0.39, 0.29) is 6.61 Å². The number of imidazole rings is 1. The van der Waals surface area contributed by atoms with Crippen molar-refractivity contribution in [1.29, 1.82) is 0 Å². The lowest BCUT2D eigenvalue weighted by Gasteiger charge is -1.94. The molecule has 0 aliphatic rings. The third kappa shape index (κ3) is 0.897. The van der Waals surface area contributed by atoms with Crippen LogP contribution in [-0.4, -0.2) is 14.5 Å². The molecule has 11 heavy (non-hydrogen) atoms. The highest BCUT2D eigenvalue weighted by atomic mass is 16.3. The number of rotatable bonds is 1. The van der Waals surface area contributed by atoms with Gasteiger partial charge in [-0.25, -0.2) is 4.98 Å². The zero-order valence-electron chi connectivity index (χ0n) is 5.94. The minimum absolute atomic E-state index is 0.0329. The number of fused-ring (bicyclic) bond motifs is 1. The van der Waals surface area contributed by atoms with E-state index >= 15 is 0 Å². The normalized spacial score (nSPS) is 10.6. The summed E-state index contributed by atoms with van der Waals surface area (Å²) in [6.07, 6.45) is 3.56. The molecule has 0 bridgehead atoms. The summed E-state index contributed by atoms with van der Waals surface area (Å²) in [5, 5.41) is 8.86. The minimum atomic E-state index is 0.0329. The molecule has 0 unspecified atom stereocenters. The topological polar surface area (TPSA) is 37.5 Å². The molecule has 2 aromatic heterocycles. The van der Waals surface area contributed by atoms with Crippen molar-refractivity contribution in [2.45, 2.75) is 6.61 Å². The van der Waals surface area contributed by atoms with Crippen LogP contribution >= 0.6 is 0 Å². The molecule has 0 aromatic carbocycles. The maximum absolute atomic E-state index is 8.86. The number of hydrogen-bond acceptors (Lipinski definition) is 2. The number of aromatic nitrogens is 2. The van der Waals surface area contributed by atoms with Gasteiger partial charge in [0.05, 0.1) is 18.5 Å². The highest BCUT2D eigenvalue weighted by Crippen LogP contribution is 2.04. The fourth-order valence-corrected chi connectivity index (χ4v) is 1.10. The van der Waals surface area contributed by atoms with E-state index in [1.165, 1.54) is 0 Å². The number of pyridine rings is 1. The summed E-state index contributed by atoms with van der Waals surface area (Å²) >= 11 is 0. The maximum atomic E-state index is 8.86. The summed E-state index contributed by atoms with van der Waals surface area (Å²) in [6, 6.07) is 5.73. The van der Waals surface area contributed by atoms with Gasteiger partial charge in [0.15, 0.2) is 0 Å². The Morgan fingerprint density at radius 2 is 2.36 bits per heavy atom. The quantitative estimate of drug-likeness (QED) is 0.650. The first-order valence-corrected chi connectivity index (χ1v) is 3.43. The maximum Gasteiger partial charge on any atom is 0.136 e. The molecule has 2 heterocycles. The summed E-state index contributed by atoms with van der Waals surface area (Å²) in [7, 11) is 0. The highest BCUT2D eigenvalue weighted by Gasteiger charge is 1.97. The lowest BCUT2D eigenvalue weighted by Crippen LogP contribution is -1.89. The number of hydrogen-bond donors (Lipinski definition) is 1. The second-order valence-electron chi connectivity index (χ2n) is 2.34. The average Bonchev–Trinajstić information content (AvgIpc) is 2.47. The van der Waals surface area contributed by atoms with E-state index in [2.05, 4.69) is 4.98 Å². The number of nitrogens with zero attached hydrogens (tertiary/aromatic N) is 2. The SMILES string of the molecule is OCc1cnc2ccccn12. The first-order valence-electron chi connectivity index (χ1n) is 3.43. The summed E-state index contributed by atoms with van der Waals surface area (Å²) in [5.41, 5.74) is 1.69. The van der Waals surface area contributed by atoms with Crippen molar-refractivity contribution < 1.29 is 5.11 Å². The Hall–Kier alpha value is -1.35. The molecule has 2 rings (SSSR count). The third-order valence-electron chi connectivity index (χ3n) is 1.66. The van der Waals surface area contributed by atoms with Crippen molar-refractivity contribution in [3.05, 3.63) is 36.3 Å². The van der Waals surface area contributed by atoms with Crippen LogP contribution in [0.15, 0.2) is 30.6 Å². The van der Waals surface area contributed by atoms with Crippen LogP contribution in [0.1, 0.15) is 5.69 Å². The van der Waals surface area contributed by atoms with Crippen LogP contribution in [-0.2, 0) is 6.61 Å². The molecule has 0 fully saturated rings. The molecule has 0 aliphatic carbocycles. The largest absolute Gasteiger partial charge is 0.390 e. The molecule has 3 nitrogen and oxygen atoms in total. The Labute approximate surface area is 63.9 Å². The van der Waals surface area contributed by atoms with Crippen LogP contribution in [0.5, 0.6) is 0 Å². The van der Waals surface area contributed by atoms with E-state index in [0.717, 1.165) is 11.3 Å². The van der Waals surface area contributed by atoms with E-state index in [9.17, 15) is 0 Å². The van der Waals surface area contributed by atoms with Crippen LogP contribution in [0.4, 0.5) is 0 Å². The Balaban J connectivity index is 2.76. The molecule has 1 N–H and O–H groups in total. The number of aliphatic hydroxyl groups is 1. The van der Waals surface area contributed by atoms with Gasteiger partial charge in [0.2, 0.25) is 0 Å². The molecule has 56 valence electrons. The van der Waals surface area contributed by atoms with Gasteiger partial charge in [-0.3, -0.25) is 0 Å². The lowest BCUT2D eigenvalue weighted by molar-refractivity contribution is 0.276. The van der Waals surface area contributed by atoms with Crippen molar-refractivity contribution >= 4 is 5.65 Å². The minimum Gasteiger partial charge on any atom is -0.390 e. The van der Waals surface area contributed by atoms with Crippen LogP contribution < -0.4 is 0 Å². The van der Waals surface area contributed by atoms with Gasteiger partial charge in [-0.15, -0.1) is 0 Å². The Kier molecular flexibility index (Phi) is 1.36. The van der Waals surface area contributed by atoms with Crippen molar-refractivity contribution in [3.8, 4) is 0 Å². The van der Waals surface area contributed by atoms with Gasteiger partial charge in [-0.1, -0.05) is 6.07 Å². The van der Waals surface area contributed by atoms with Crippen LogP contribution in [0, 0.1) is 0 Å². The molecule has 0 saturated heterocycles. The van der Waals surface area contributed by atoms with Crippen LogP contribution in [0.25, 0.3) is 5.65 Å². The standard InChI is InChI=1S/C8H8N2O/c11-6-7-5-9-8-3-1-2-4-10(7)8/h1-5,11H,6H2. The monoisotopic (exact) mass is 148 g/mol. The van der Waals surface area contributed by atoms with Crippen molar-refractivity contribution in [3.63, 3.8) is 0 Å². The highest BCUT2D eigenvalue weighted by molar-refractivity contribution is 5.39. The summed E-state index contributed by atoms with van der Waals surface area (Å²) in [4.78, 5) is 4.09. The van der Waals surface area contributed by atoms with Gasteiger partial charge >= 0.3 is 0 Å². The summed E-state index contributed by atoms with van der Waals surface area (Å²) < 4.78 is 1.86. The molecule has 0 spiro atoms. The smallest absolute Gasteiger partial charge is 0.136 e. The number of aliphatic hydroxyl groups excluding tert-OH is 1. The Bertz CT molecular complexity index is 367. The van der Waals surface area contributed by atoms with E-state index in [1.807, 2.05) is 28.8 Å². The molecule has 0 aliphatic heterocycles. The molecular formula is C8H8N2O. The first-order chi connectivity index (χ1) is 5.42. The van der Waals surface area contributed by atoms with Crippen molar-refractivity contribution in [2.24, 2.45) is 0 Å². The second kappa shape index (κ2) is 2.36. The fraction of sp³-hybridized carbons (Fsp3) is 0.125. The predicted octanol–water partition coefficient (Wildman–Crippen LogP) is 0.827. The molecule has 2 aromatic rings. The predicted molar refractivity (Wildman–Crippen MR) is 41.1 cm³/mol. The van der Waals surface area contributed by atoms with E-state index in [0.29, 0.717) is 0 Å². The second-order valence-corrected chi connectivity index (χ2v) is 2.34. The molecule has 0 amide bonds. The van der Waals surface area contributed by atoms with Crippen molar-refractivity contribution in [2.75, 3.05) is 0 Å². The zero-order valence-corrected chi connectivity index (χ0v) is 5.94. The lowest BCUT2D eigenvalue weighted by atomic mass is 10.4. The average molecular weight is 148 g/mol. The zero-order chi connectivity index (χ0) is 7.68. The Morgan fingerprint density at radius 3 is 3.18 bits per heavy atom. The summed E-state index contributed by atoms with van der Waals surface area (Å²) in [5.74, 6) is 0. The first kappa shape index (κ1) is 6.37. The molecular weight excluding hydrogens is 140 g/mol. The van der Waals surface area contributed by atoms with Gasteiger partial charge in [-0.2, -0.15) is 0 Å². The van der Waals surface area contributed by atoms with E-state index < -0.39 is 0 Å². The molecule has 0 radical (unpaired) electrons. The van der Waals surface area contributed by atoms with Gasteiger partial charge in [0.1, 0.15) is 5.65 Å². The van der Waals surface area contributed by atoms with Crippen molar-refractivity contribution in [1.82, 2.24) is 9.38 Å². The third-order valence-corrected chi connectivity index (χ3v) is 1.66. The molecule has 0 atom stereocenters.